The summed E-state index contributed by atoms with van der Waals surface area (Å²) >= 11 is 12.1. The first kappa shape index (κ1) is 13.9. The Morgan fingerprint density at radius 1 is 1.05 bits per heavy atom. The zero-order valence-electron chi connectivity index (χ0n) is 11.1. The molecule has 0 N–H and O–H groups in total. The van der Waals surface area contributed by atoms with Crippen molar-refractivity contribution < 1.29 is 0 Å². The molecule has 0 radical (unpaired) electrons. The summed E-state index contributed by atoms with van der Waals surface area (Å²) < 4.78 is 0. The first-order chi connectivity index (χ1) is 9.72. The maximum atomic E-state index is 6.23. The topological polar surface area (TPSA) is 16.1 Å². The molecular formula is C16H16Cl2N2. The van der Waals surface area contributed by atoms with Crippen molar-refractivity contribution in [2.45, 2.75) is 19.4 Å². The molecule has 0 saturated carbocycles. The zero-order chi connectivity index (χ0) is 13.9. The molecule has 1 aromatic carbocycles. The van der Waals surface area contributed by atoms with Gasteiger partial charge in [0.2, 0.25) is 0 Å². The minimum Gasteiger partial charge on any atom is -0.298 e. The highest BCUT2D eigenvalue weighted by atomic mass is 35.5. The first-order valence-electron chi connectivity index (χ1n) is 6.81. The first-order valence-corrected chi connectivity index (χ1v) is 7.57. The maximum absolute atomic E-state index is 6.23. The van der Waals surface area contributed by atoms with Crippen molar-refractivity contribution in [2.75, 3.05) is 13.1 Å². The van der Waals surface area contributed by atoms with Crippen molar-refractivity contribution in [1.82, 2.24) is 9.88 Å². The molecule has 1 aliphatic rings. The maximum Gasteiger partial charge on any atom is 0.130 e. The van der Waals surface area contributed by atoms with Crippen molar-refractivity contribution in [1.29, 1.82) is 0 Å². The van der Waals surface area contributed by atoms with E-state index in [9.17, 15) is 0 Å². The Bertz CT molecular complexity index is 586. The van der Waals surface area contributed by atoms with Gasteiger partial charge in [-0.15, -0.1) is 0 Å². The van der Waals surface area contributed by atoms with Crippen molar-refractivity contribution in [3.05, 3.63) is 63.4 Å². The van der Waals surface area contributed by atoms with Crippen LogP contribution < -0.4 is 0 Å². The van der Waals surface area contributed by atoms with Gasteiger partial charge in [-0.2, -0.15) is 0 Å². The molecule has 0 aliphatic carbocycles. The molecule has 104 valence electrons. The van der Waals surface area contributed by atoms with Crippen LogP contribution in [-0.2, 0) is 19.4 Å². The quantitative estimate of drug-likeness (QED) is 0.780. The Balaban J connectivity index is 1.71. The lowest BCUT2D eigenvalue weighted by Gasteiger charge is -2.20. The monoisotopic (exact) mass is 306 g/mol. The largest absolute Gasteiger partial charge is 0.298 e. The van der Waals surface area contributed by atoms with Crippen LogP contribution >= 0.6 is 23.2 Å². The van der Waals surface area contributed by atoms with Crippen molar-refractivity contribution >= 4 is 23.2 Å². The lowest BCUT2D eigenvalue weighted by molar-refractivity contribution is 0.279. The van der Waals surface area contributed by atoms with Crippen LogP contribution in [0.1, 0.15) is 16.7 Å². The van der Waals surface area contributed by atoms with Gasteiger partial charge in [-0.05, 0) is 30.0 Å². The summed E-state index contributed by atoms with van der Waals surface area (Å²) in [6, 6.07) is 10.4. The third-order valence-electron chi connectivity index (χ3n) is 3.80. The predicted octanol–water partition coefficient (Wildman–Crippen LogP) is 3.99. The minimum atomic E-state index is 0.446. The van der Waals surface area contributed by atoms with E-state index in [1.54, 1.807) is 12.3 Å². The summed E-state index contributed by atoms with van der Waals surface area (Å²) in [6.45, 7) is 2.93. The van der Waals surface area contributed by atoms with Crippen LogP contribution in [0.15, 0.2) is 36.5 Å². The Morgan fingerprint density at radius 3 is 2.30 bits per heavy atom. The number of aromatic nitrogens is 1. The number of fused-ring (bicyclic) bond motifs is 1. The molecule has 0 saturated heterocycles. The van der Waals surface area contributed by atoms with E-state index in [0.29, 0.717) is 10.2 Å². The second-order valence-corrected chi connectivity index (χ2v) is 5.94. The highest BCUT2D eigenvalue weighted by Gasteiger charge is 2.15. The smallest absolute Gasteiger partial charge is 0.130 e. The van der Waals surface area contributed by atoms with Gasteiger partial charge in [0.05, 0.1) is 0 Å². The molecule has 0 unspecified atom stereocenters. The SMILES string of the molecule is Clc1cc(Cl)c(CN2CCc3ccccc3CC2)cn1. The van der Waals surface area contributed by atoms with Crippen LogP contribution in [0, 0.1) is 0 Å². The third kappa shape index (κ3) is 3.14. The van der Waals surface area contributed by atoms with E-state index in [1.807, 2.05) is 0 Å². The molecule has 0 fully saturated rings. The van der Waals surface area contributed by atoms with Crippen molar-refractivity contribution in [3.8, 4) is 0 Å². The lowest BCUT2D eigenvalue weighted by atomic mass is 10.0. The van der Waals surface area contributed by atoms with Gasteiger partial charge >= 0.3 is 0 Å². The molecular weight excluding hydrogens is 291 g/mol. The van der Waals surface area contributed by atoms with Gasteiger partial charge in [0.1, 0.15) is 5.15 Å². The van der Waals surface area contributed by atoms with Gasteiger partial charge in [-0.3, -0.25) is 4.90 Å². The highest BCUT2D eigenvalue weighted by Crippen LogP contribution is 2.22. The second-order valence-electron chi connectivity index (χ2n) is 5.14. The molecule has 0 atom stereocenters. The van der Waals surface area contributed by atoms with Gasteiger partial charge in [0, 0.05) is 36.4 Å². The summed E-state index contributed by atoms with van der Waals surface area (Å²) in [6.07, 6.45) is 3.96. The Kier molecular flexibility index (Phi) is 4.25. The van der Waals surface area contributed by atoms with E-state index in [1.165, 1.54) is 11.1 Å². The summed E-state index contributed by atoms with van der Waals surface area (Å²) in [4.78, 5) is 6.55. The molecule has 0 bridgehead atoms. The molecule has 1 aliphatic heterocycles. The number of rotatable bonds is 2. The lowest BCUT2D eigenvalue weighted by Crippen LogP contribution is -2.26. The Hall–Kier alpha value is -1.09. The fourth-order valence-electron chi connectivity index (χ4n) is 2.67. The highest BCUT2D eigenvalue weighted by molar-refractivity contribution is 6.34. The molecule has 1 aromatic heterocycles. The van der Waals surface area contributed by atoms with Crippen LogP contribution in [0.5, 0.6) is 0 Å². The third-order valence-corrected chi connectivity index (χ3v) is 4.36. The zero-order valence-corrected chi connectivity index (χ0v) is 12.7. The van der Waals surface area contributed by atoms with Gasteiger partial charge in [-0.1, -0.05) is 47.5 Å². The molecule has 3 rings (SSSR count). The van der Waals surface area contributed by atoms with Gasteiger partial charge in [0.25, 0.3) is 0 Å². The number of nitrogens with zero attached hydrogens (tertiary/aromatic N) is 2. The number of halogens is 2. The van der Waals surface area contributed by atoms with E-state index in [4.69, 9.17) is 23.2 Å². The molecule has 2 nitrogen and oxygen atoms in total. The molecule has 4 heteroatoms. The summed E-state index contributed by atoms with van der Waals surface area (Å²) in [5.41, 5.74) is 3.98. The van der Waals surface area contributed by atoms with Crippen LogP contribution in [0.3, 0.4) is 0 Å². The van der Waals surface area contributed by atoms with Crippen molar-refractivity contribution in [3.63, 3.8) is 0 Å². The number of benzene rings is 1. The molecule has 0 spiro atoms. The minimum absolute atomic E-state index is 0.446. The standard InChI is InChI=1S/C16H16Cl2N2/c17-15-9-16(18)19-10-14(15)11-20-7-5-12-3-1-2-4-13(12)6-8-20/h1-4,9-10H,5-8,11H2. The van der Waals surface area contributed by atoms with Crippen molar-refractivity contribution in [2.24, 2.45) is 0 Å². The van der Waals surface area contributed by atoms with Gasteiger partial charge in [0.15, 0.2) is 0 Å². The van der Waals surface area contributed by atoms with Gasteiger partial charge in [-0.25, -0.2) is 4.98 Å². The molecule has 20 heavy (non-hydrogen) atoms. The van der Waals surface area contributed by atoms with Crippen LogP contribution in [0.25, 0.3) is 0 Å². The van der Waals surface area contributed by atoms with E-state index >= 15 is 0 Å². The number of pyridine rings is 1. The summed E-state index contributed by atoms with van der Waals surface area (Å²) in [5.74, 6) is 0. The average molecular weight is 307 g/mol. The Labute approximate surface area is 129 Å². The van der Waals surface area contributed by atoms with Crippen LogP contribution in [-0.4, -0.2) is 23.0 Å². The second kappa shape index (κ2) is 6.13. The number of hydrogen-bond acceptors (Lipinski definition) is 2. The number of hydrogen-bond donors (Lipinski definition) is 0. The fraction of sp³-hybridized carbons (Fsp3) is 0.312. The summed E-state index contributed by atoms with van der Waals surface area (Å²) in [7, 11) is 0. The predicted molar refractivity (Wildman–Crippen MR) is 83.4 cm³/mol. The molecule has 2 aromatic rings. The molecule has 2 heterocycles. The summed E-state index contributed by atoms with van der Waals surface area (Å²) in [5, 5.41) is 1.15. The fourth-order valence-corrected chi connectivity index (χ4v) is 3.09. The normalized spacial score (nSPS) is 15.7. The van der Waals surface area contributed by atoms with E-state index < -0.39 is 0 Å². The Morgan fingerprint density at radius 2 is 1.70 bits per heavy atom. The van der Waals surface area contributed by atoms with E-state index in [2.05, 4.69) is 34.1 Å². The van der Waals surface area contributed by atoms with E-state index in [0.717, 1.165) is 38.0 Å². The van der Waals surface area contributed by atoms with Crippen LogP contribution in [0.2, 0.25) is 10.2 Å². The van der Waals surface area contributed by atoms with Gasteiger partial charge < -0.3 is 0 Å². The molecule has 0 amide bonds. The van der Waals surface area contributed by atoms with E-state index in [-0.39, 0.29) is 0 Å². The average Bonchev–Trinajstić information content (AvgIpc) is 2.65. The van der Waals surface area contributed by atoms with Crippen LogP contribution in [0.4, 0.5) is 0 Å².